The van der Waals surface area contributed by atoms with E-state index in [9.17, 15) is 4.79 Å². The van der Waals surface area contributed by atoms with Crippen molar-refractivity contribution >= 4 is 23.3 Å². The van der Waals surface area contributed by atoms with E-state index in [4.69, 9.17) is 16.3 Å². The van der Waals surface area contributed by atoms with Crippen molar-refractivity contribution in [2.75, 3.05) is 18.5 Å². The first kappa shape index (κ1) is 16.7. The number of hydrogen-bond acceptors (Lipinski definition) is 3. The fraction of sp³-hybridized carbons (Fsp3) is 0.333. The van der Waals surface area contributed by atoms with E-state index in [-0.39, 0.29) is 12.0 Å². The molecule has 24 heavy (non-hydrogen) atoms. The minimum absolute atomic E-state index is 0.121. The first-order valence-electron chi connectivity index (χ1n) is 8.12. The van der Waals surface area contributed by atoms with Crippen molar-refractivity contribution in [2.45, 2.75) is 25.5 Å². The standard InChI is InChI=1S/C18H20ClN3O2/c19-16-8-2-1-5-13(16)11-21-17-15(7-3-9-20-17)18(23)22-12-14-6-4-10-24-14/h1-3,5,7-9,14H,4,6,10-12H2,(H,20,21)(H,22,23)/p+1/t14-/m1/s1. The van der Waals surface area contributed by atoms with Crippen LogP contribution in [0.1, 0.15) is 28.8 Å². The Bertz CT molecular complexity index is 702. The molecule has 0 aliphatic carbocycles. The first-order valence-corrected chi connectivity index (χ1v) is 8.49. The van der Waals surface area contributed by atoms with Gasteiger partial charge in [0.1, 0.15) is 12.1 Å². The van der Waals surface area contributed by atoms with Gasteiger partial charge in [0.15, 0.2) is 0 Å². The van der Waals surface area contributed by atoms with Gasteiger partial charge in [-0.3, -0.25) is 10.1 Å². The van der Waals surface area contributed by atoms with E-state index < -0.39 is 0 Å². The zero-order valence-corrected chi connectivity index (χ0v) is 14.1. The van der Waals surface area contributed by atoms with Crippen molar-refractivity contribution in [2.24, 2.45) is 0 Å². The second kappa shape index (κ2) is 8.13. The van der Waals surface area contributed by atoms with Gasteiger partial charge in [0.2, 0.25) is 0 Å². The number of carbonyl (C=O) groups excluding carboxylic acids is 1. The van der Waals surface area contributed by atoms with Crippen LogP contribution in [-0.2, 0) is 11.3 Å². The van der Waals surface area contributed by atoms with Crippen molar-refractivity contribution < 1.29 is 14.5 Å². The monoisotopic (exact) mass is 346 g/mol. The van der Waals surface area contributed by atoms with E-state index in [1.54, 1.807) is 12.3 Å². The number of benzene rings is 1. The lowest BCUT2D eigenvalue weighted by molar-refractivity contribution is -0.361. The van der Waals surface area contributed by atoms with Crippen LogP contribution < -0.4 is 15.6 Å². The normalized spacial score (nSPS) is 16.8. The van der Waals surface area contributed by atoms with Crippen LogP contribution in [0.5, 0.6) is 0 Å². The highest BCUT2D eigenvalue weighted by atomic mass is 35.5. The molecule has 0 radical (unpaired) electrons. The Kier molecular flexibility index (Phi) is 5.67. The molecule has 1 aliphatic rings. The van der Waals surface area contributed by atoms with Crippen LogP contribution in [0.15, 0.2) is 42.6 Å². The zero-order chi connectivity index (χ0) is 16.8. The van der Waals surface area contributed by atoms with Gasteiger partial charge >= 0.3 is 0 Å². The Morgan fingerprint density at radius 3 is 2.96 bits per heavy atom. The van der Waals surface area contributed by atoms with Crippen LogP contribution in [0.4, 0.5) is 5.82 Å². The summed E-state index contributed by atoms with van der Waals surface area (Å²) in [5.41, 5.74) is 1.55. The van der Waals surface area contributed by atoms with E-state index in [2.05, 4.69) is 15.6 Å². The third-order valence-corrected chi connectivity index (χ3v) is 4.40. The lowest BCUT2D eigenvalue weighted by atomic mass is 10.2. The van der Waals surface area contributed by atoms with Crippen molar-refractivity contribution in [1.29, 1.82) is 0 Å². The number of H-pyrrole nitrogens is 1. The number of rotatable bonds is 6. The van der Waals surface area contributed by atoms with Crippen molar-refractivity contribution in [3.63, 3.8) is 0 Å². The van der Waals surface area contributed by atoms with Gasteiger partial charge in [-0.2, -0.15) is 0 Å². The highest BCUT2D eigenvalue weighted by Gasteiger charge is 2.20. The summed E-state index contributed by atoms with van der Waals surface area (Å²) in [7, 11) is 0. The molecule has 1 saturated heterocycles. The molecule has 3 rings (SSSR count). The van der Waals surface area contributed by atoms with Crippen LogP contribution in [0.25, 0.3) is 0 Å². The number of amides is 1. The third kappa shape index (κ3) is 4.24. The van der Waals surface area contributed by atoms with Crippen molar-refractivity contribution in [3.05, 3.63) is 58.7 Å². The number of ether oxygens (including phenoxy) is 1. The molecular formula is C18H21ClN3O2+. The topological polar surface area (TPSA) is 64.5 Å². The molecule has 1 aromatic carbocycles. The van der Waals surface area contributed by atoms with Gasteiger partial charge in [-0.15, -0.1) is 0 Å². The van der Waals surface area contributed by atoms with Gasteiger partial charge in [0.25, 0.3) is 11.7 Å². The number of carbonyl (C=O) groups is 1. The van der Waals surface area contributed by atoms with Gasteiger partial charge in [0, 0.05) is 23.7 Å². The predicted octanol–water partition coefficient (Wildman–Crippen LogP) is 2.68. The molecule has 1 amide bonds. The van der Waals surface area contributed by atoms with E-state index in [0.29, 0.717) is 29.5 Å². The number of anilines is 1. The molecule has 0 bridgehead atoms. The quantitative estimate of drug-likeness (QED) is 0.845. The van der Waals surface area contributed by atoms with Crippen molar-refractivity contribution in [3.8, 4) is 0 Å². The zero-order valence-electron chi connectivity index (χ0n) is 13.3. The second-order valence-electron chi connectivity index (χ2n) is 5.75. The average Bonchev–Trinajstić information content (AvgIpc) is 3.13. The summed E-state index contributed by atoms with van der Waals surface area (Å²) >= 11 is 6.17. The Labute approximate surface area is 146 Å². The number of pyridine rings is 1. The molecule has 2 heterocycles. The lowest BCUT2D eigenvalue weighted by Gasteiger charge is -2.11. The fourth-order valence-electron chi connectivity index (χ4n) is 2.70. The third-order valence-electron chi connectivity index (χ3n) is 4.03. The average molecular weight is 347 g/mol. The molecule has 6 heteroatoms. The van der Waals surface area contributed by atoms with E-state index in [1.165, 1.54) is 0 Å². The molecule has 1 aromatic heterocycles. The number of nitrogens with one attached hydrogen (secondary N) is 3. The maximum atomic E-state index is 12.4. The molecular weight excluding hydrogens is 326 g/mol. The second-order valence-corrected chi connectivity index (χ2v) is 6.16. The maximum Gasteiger partial charge on any atom is 0.285 e. The molecule has 1 aliphatic heterocycles. The van der Waals surface area contributed by atoms with Crippen LogP contribution in [0, 0.1) is 0 Å². The molecule has 0 unspecified atom stereocenters. The van der Waals surface area contributed by atoms with Gasteiger partial charge in [-0.05, 0) is 31.0 Å². The molecule has 3 N–H and O–H groups in total. The van der Waals surface area contributed by atoms with Crippen LogP contribution >= 0.6 is 11.6 Å². The smallest absolute Gasteiger partial charge is 0.285 e. The Morgan fingerprint density at radius 2 is 2.17 bits per heavy atom. The van der Waals surface area contributed by atoms with Gasteiger partial charge < -0.3 is 10.1 Å². The summed E-state index contributed by atoms with van der Waals surface area (Å²) < 4.78 is 5.54. The Hall–Kier alpha value is -2.11. The van der Waals surface area contributed by atoms with Crippen LogP contribution in [0.2, 0.25) is 5.02 Å². The van der Waals surface area contributed by atoms with E-state index >= 15 is 0 Å². The first-order chi connectivity index (χ1) is 11.7. The molecule has 1 atom stereocenters. The minimum atomic E-state index is -0.121. The summed E-state index contributed by atoms with van der Waals surface area (Å²) in [6, 6.07) is 11.2. The highest BCUT2D eigenvalue weighted by molar-refractivity contribution is 6.31. The van der Waals surface area contributed by atoms with E-state index in [1.807, 2.05) is 30.3 Å². The largest absolute Gasteiger partial charge is 0.376 e. The van der Waals surface area contributed by atoms with Gasteiger partial charge in [-0.25, -0.2) is 4.98 Å². The summed E-state index contributed by atoms with van der Waals surface area (Å²) in [6.45, 7) is 1.86. The molecule has 1 fully saturated rings. The number of hydrogen-bond donors (Lipinski definition) is 2. The Balaban J connectivity index is 1.63. The van der Waals surface area contributed by atoms with Gasteiger partial charge in [0.05, 0.1) is 12.3 Å². The summed E-state index contributed by atoms with van der Waals surface area (Å²) in [5.74, 6) is 0.547. The van der Waals surface area contributed by atoms with Gasteiger partial charge in [-0.1, -0.05) is 29.8 Å². The molecule has 0 spiro atoms. The minimum Gasteiger partial charge on any atom is -0.376 e. The van der Waals surface area contributed by atoms with Crippen LogP contribution in [-0.4, -0.2) is 25.2 Å². The lowest BCUT2D eigenvalue weighted by Crippen LogP contribution is -2.33. The van der Waals surface area contributed by atoms with E-state index in [0.717, 1.165) is 25.0 Å². The Morgan fingerprint density at radius 1 is 1.29 bits per heavy atom. The maximum absolute atomic E-state index is 12.4. The summed E-state index contributed by atoms with van der Waals surface area (Å²) in [5, 5.41) is 6.89. The summed E-state index contributed by atoms with van der Waals surface area (Å²) in [4.78, 5) is 15.5. The molecule has 2 aromatic rings. The molecule has 126 valence electrons. The van der Waals surface area contributed by atoms with Crippen molar-refractivity contribution in [1.82, 2.24) is 5.32 Å². The summed E-state index contributed by atoms with van der Waals surface area (Å²) in [6.07, 6.45) is 3.97. The SMILES string of the molecule is O=C(NC[C@H]1CCCO1)c1ccc[nH+]c1NCc1ccccc1Cl. The molecule has 5 nitrogen and oxygen atoms in total. The number of aromatic nitrogens is 1. The number of halogens is 1. The fourth-order valence-corrected chi connectivity index (χ4v) is 2.91. The predicted molar refractivity (Wildman–Crippen MR) is 93.1 cm³/mol. The number of aromatic amines is 1. The molecule has 0 saturated carbocycles. The van der Waals surface area contributed by atoms with Crippen LogP contribution in [0.3, 0.4) is 0 Å². The highest BCUT2D eigenvalue weighted by Crippen LogP contribution is 2.17.